The van der Waals surface area contributed by atoms with Crippen LogP contribution in [0.3, 0.4) is 0 Å². The molecule has 16 heavy (non-hydrogen) atoms. The van der Waals surface area contributed by atoms with Gasteiger partial charge in [-0.2, -0.15) is 4.39 Å². The van der Waals surface area contributed by atoms with E-state index in [0.717, 1.165) is 25.7 Å². The molecule has 90 valence electrons. The summed E-state index contributed by atoms with van der Waals surface area (Å²) in [6, 6.07) is 2.64. The lowest BCUT2D eigenvalue weighted by Gasteiger charge is -2.07. The van der Waals surface area contributed by atoms with E-state index in [9.17, 15) is 8.78 Å². The molecule has 0 atom stereocenters. The molecule has 0 N–H and O–H groups in total. The van der Waals surface area contributed by atoms with Crippen LogP contribution in [0.4, 0.5) is 8.78 Å². The predicted molar refractivity (Wildman–Crippen MR) is 61.0 cm³/mol. The molecule has 0 radical (unpaired) electrons. The highest BCUT2D eigenvalue weighted by Crippen LogP contribution is 2.25. The highest BCUT2D eigenvalue weighted by Gasteiger charge is 2.12. The van der Waals surface area contributed by atoms with Gasteiger partial charge in [0, 0.05) is 0 Å². The molecule has 0 amide bonds. The van der Waals surface area contributed by atoms with Gasteiger partial charge in [0.15, 0.2) is 11.6 Å². The second kappa shape index (κ2) is 6.69. The number of benzene rings is 1. The molecule has 0 aliphatic rings. The maximum Gasteiger partial charge on any atom is 0.202 e. The molecule has 4 heteroatoms. The molecule has 1 nitrogen and oxygen atoms in total. The smallest absolute Gasteiger partial charge is 0.202 e. The molecule has 1 aromatic rings. The van der Waals surface area contributed by atoms with Crippen molar-refractivity contribution in [3.63, 3.8) is 0 Å². The van der Waals surface area contributed by atoms with Crippen LogP contribution < -0.4 is 4.74 Å². The van der Waals surface area contributed by atoms with Crippen LogP contribution >= 0.6 is 11.6 Å². The van der Waals surface area contributed by atoms with Gasteiger partial charge in [-0.1, -0.05) is 37.8 Å². The molecule has 1 aromatic carbocycles. The van der Waals surface area contributed by atoms with Crippen molar-refractivity contribution in [2.75, 3.05) is 6.61 Å². The second-order valence-corrected chi connectivity index (χ2v) is 3.99. The van der Waals surface area contributed by atoms with Crippen molar-refractivity contribution in [3.8, 4) is 5.75 Å². The van der Waals surface area contributed by atoms with E-state index in [2.05, 4.69) is 6.92 Å². The first-order valence-electron chi connectivity index (χ1n) is 5.43. The Morgan fingerprint density at radius 3 is 2.56 bits per heavy atom. The Hall–Kier alpha value is -0.830. The molecule has 0 aliphatic carbocycles. The van der Waals surface area contributed by atoms with Gasteiger partial charge < -0.3 is 4.74 Å². The number of halogens is 3. The zero-order valence-corrected chi connectivity index (χ0v) is 9.99. The molecule has 0 bridgehead atoms. The van der Waals surface area contributed by atoms with Crippen LogP contribution in [0.25, 0.3) is 0 Å². The third-order valence-corrected chi connectivity index (χ3v) is 2.55. The maximum absolute atomic E-state index is 13.3. The first-order valence-corrected chi connectivity index (χ1v) is 5.81. The Morgan fingerprint density at radius 1 is 1.12 bits per heavy atom. The lowest BCUT2D eigenvalue weighted by atomic mass is 10.2. The van der Waals surface area contributed by atoms with Crippen LogP contribution in [0.5, 0.6) is 5.75 Å². The minimum Gasteiger partial charge on any atom is -0.490 e. The lowest BCUT2D eigenvalue weighted by molar-refractivity contribution is 0.285. The van der Waals surface area contributed by atoms with Crippen molar-refractivity contribution in [2.24, 2.45) is 0 Å². The van der Waals surface area contributed by atoms with Gasteiger partial charge in [0.05, 0.1) is 11.6 Å². The number of hydrogen-bond acceptors (Lipinski definition) is 1. The fraction of sp³-hybridized carbons (Fsp3) is 0.500. The fourth-order valence-corrected chi connectivity index (χ4v) is 1.48. The van der Waals surface area contributed by atoms with Crippen molar-refractivity contribution >= 4 is 11.6 Å². The Kier molecular flexibility index (Phi) is 5.53. The quantitative estimate of drug-likeness (QED) is 0.529. The highest BCUT2D eigenvalue weighted by molar-refractivity contribution is 6.30. The zero-order chi connectivity index (χ0) is 12.0. The van der Waals surface area contributed by atoms with Crippen LogP contribution in [0.2, 0.25) is 5.02 Å². The maximum atomic E-state index is 13.3. The van der Waals surface area contributed by atoms with E-state index in [1.807, 2.05) is 0 Å². The molecule has 0 saturated heterocycles. The van der Waals surface area contributed by atoms with E-state index >= 15 is 0 Å². The summed E-state index contributed by atoms with van der Waals surface area (Å²) in [7, 11) is 0. The molecule has 0 fully saturated rings. The molecule has 0 heterocycles. The van der Waals surface area contributed by atoms with Crippen molar-refractivity contribution in [3.05, 3.63) is 28.8 Å². The summed E-state index contributed by atoms with van der Waals surface area (Å²) < 4.78 is 31.4. The van der Waals surface area contributed by atoms with Crippen molar-refractivity contribution in [1.82, 2.24) is 0 Å². The van der Waals surface area contributed by atoms with E-state index < -0.39 is 11.6 Å². The summed E-state index contributed by atoms with van der Waals surface area (Å²) in [6.07, 6.45) is 4.14. The number of unbranched alkanes of at least 4 members (excludes halogenated alkanes) is 3. The lowest BCUT2D eigenvalue weighted by Crippen LogP contribution is -2.00. The van der Waals surface area contributed by atoms with Crippen LogP contribution in [-0.4, -0.2) is 6.61 Å². The molecule has 0 saturated carbocycles. The van der Waals surface area contributed by atoms with E-state index in [-0.39, 0.29) is 10.8 Å². The van der Waals surface area contributed by atoms with E-state index in [4.69, 9.17) is 16.3 Å². The monoisotopic (exact) mass is 248 g/mol. The van der Waals surface area contributed by atoms with E-state index in [1.54, 1.807) is 0 Å². The molecule has 0 aliphatic heterocycles. The Balaban J connectivity index is 2.45. The molecule has 0 unspecified atom stereocenters. The van der Waals surface area contributed by atoms with E-state index in [0.29, 0.717) is 6.61 Å². The minimum atomic E-state index is -1.05. The number of rotatable bonds is 6. The van der Waals surface area contributed by atoms with Crippen LogP contribution in [0.15, 0.2) is 12.1 Å². The van der Waals surface area contributed by atoms with Gasteiger partial charge in [-0.3, -0.25) is 0 Å². The number of ether oxygens (including phenoxy) is 1. The largest absolute Gasteiger partial charge is 0.490 e. The molecule has 0 spiro atoms. The topological polar surface area (TPSA) is 9.23 Å². The summed E-state index contributed by atoms with van der Waals surface area (Å²) >= 11 is 5.42. The molecular weight excluding hydrogens is 234 g/mol. The van der Waals surface area contributed by atoms with Gasteiger partial charge in [0.2, 0.25) is 5.82 Å². The summed E-state index contributed by atoms with van der Waals surface area (Å²) in [6.45, 7) is 2.51. The summed E-state index contributed by atoms with van der Waals surface area (Å²) in [4.78, 5) is 0. The van der Waals surface area contributed by atoms with Crippen molar-refractivity contribution in [1.29, 1.82) is 0 Å². The molecule has 1 rings (SSSR count). The van der Waals surface area contributed by atoms with Gasteiger partial charge in [0.1, 0.15) is 0 Å². The molecule has 0 aromatic heterocycles. The Morgan fingerprint density at radius 2 is 1.88 bits per heavy atom. The van der Waals surface area contributed by atoms with Gasteiger partial charge in [0.25, 0.3) is 0 Å². The summed E-state index contributed by atoms with van der Waals surface area (Å²) in [5.41, 5.74) is 0. The van der Waals surface area contributed by atoms with Gasteiger partial charge in [-0.05, 0) is 18.6 Å². The van der Waals surface area contributed by atoms with Gasteiger partial charge in [-0.25, -0.2) is 4.39 Å². The van der Waals surface area contributed by atoms with Gasteiger partial charge >= 0.3 is 0 Å². The zero-order valence-electron chi connectivity index (χ0n) is 9.23. The number of hydrogen-bond donors (Lipinski definition) is 0. The SMILES string of the molecule is CCCCCCOc1ccc(Cl)c(F)c1F. The first-order chi connectivity index (χ1) is 7.66. The fourth-order valence-electron chi connectivity index (χ4n) is 1.33. The van der Waals surface area contributed by atoms with Crippen LogP contribution in [0.1, 0.15) is 32.6 Å². The van der Waals surface area contributed by atoms with Crippen LogP contribution in [-0.2, 0) is 0 Å². The summed E-state index contributed by atoms with van der Waals surface area (Å²) in [5, 5.41) is -0.226. The third-order valence-electron chi connectivity index (χ3n) is 2.26. The average molecular weight is 249 g/mol. The second-order valence-electron chi connectivity index (χ2n) is 3.58. The highest BCUT2D eigenvalue weighted by atomic mass is 35.5. The minimum absolute atomic E-state index is 0.0709. The third kappa shape index (κ3) is 3.63. The first kappa shape index (κ1) is 13.2. The van der Waals surface area contributed by atoms with Gasteiger partial charge in [-0.15, -0.1) is 0 Å². The Labute approximate surface area is 99.4 Å². The molecular formula is C12H15ClF2O. The predicted octanol–water partition coefficient (Wildman–Crippen LogP) is 4.58. The summed E-state index contributed by atoms with van der Waals surface area (Å²) in [5.74, 6) is -2.13. The van der Waals surface area contributed by atoms with Crippen molar-refractivity contribution < 1.29 is 13.5 Å². The normalized spacial score (nSPS) is 10.5. The van der Waals surface area contributed by atoms with Crippen LogP contribution in [0, 0.1) is 11.6 Å². The standard InChI is InChI=1S/C12H15ClF2O/c1-2-3-4-5-8-16-10-7-6-9(13)11(14)12(10)15/h6-7H,2-5,8H2,1H3. The Bertz CT molecular complexity index is 342. The van der Waals surface area contributed by atoms with E-state index in [1.165, 1.54) is 12.1 Å². The van der Waals surface area contributed by atoms with Crippen molar-refractivity contribution in [2.45, 2.75) is 32.6 Å². The average Bonchev–Trinajstić information content (AvgIpc) is 2.28.